The van der Waals surface area contributed by atoms with Crippen molar-refractivity contribution in [1.82, 2.24) is 0 Å². The molecule has 0 aliphatic rings. The summed E-state index contributed by atoms with van der Waals surface area (Å²) in [4.78, 5) is 11.0. The molecule has 0 bridgehead atoms. The van der Waals surface area contributed by atoms with Gasteiger partial charge in [-0.05, 0) is 6.42 Å². The first kappa shape index (κ1) is 16.2. The van der Waals surface area contributed by atoms with Crippen LogP contribution in [-0.2, 0) is 19.4 Å². The standard InChI is InChI=1S/C9H15F3O4S/c1-7(8(13)16-2)6-17(14,15)5-3-4-9(10,11)12/h7H,3-6H2,1-2H3. The van der Waals surface area contributed by atoms with Crippen LogP contribution in [-0.4, -0.2) is 39.2 Å². The highest BCUT2D eigenvalue weighted by Gasteiger charge is 2.28. The van der Waals surface area contributed by atoms with Crippen LogP contribution in [0.25, 0.3) is 0 Å². The van der Waals surface area contributed by atoms with E-state index in [4.69, 9.17) is 0 Å². The fourth-order valence-corrected chi connectivity index (χ4v) is 2.87. The van der Waals surface area contributed by atoms with E-state index in [1.165, 1.54) is 6.92 Å². The molecule has 0 radical (unpaired) electrons. The van der Waals surface area contributed by atoms with Gasteiger partial charge in [0.25, 0.3) is 0 Å². The van der Waals surface area contributed by atoms with E-state index in [9.17, 15) is 26.4 Å². The maximum absolute atomic E-state index is 11.8. The molecule has 102 valence electrons. The van der Waals surface area contributed by atoms with Crippen LogP contribution in [0.2, 0.25) is 0 Å². The minimum Gasteiger partial charge on any atom is -0.469 e. The van der Waals surface area contributed by atoms with Gasteiger partial charge in [0, 0.05) is 6.42 Å². The Morgan fingerprint density at radius 3 is 2.29 bits per heavy atom. The van der Waals surface area contributed by atoms with Crippen LogP contribution < -0.4 is 0 Å². The van der Waals surface area contributed by atoms with Crippen molar-refractivity contribution in [2.24, 2.45) is 5.92 Å². The van der Waals surface area contributed by atoms with Crippen molar-refractivity contribution in [2.75, 3.05) is 18.6 Å². The third-order valence-corrected chi connectivity index (χ3v) is 3.94. The summed E-state index contributed by atoms with van der Waals surface area (Å²) in [5, 5.41) is 0. The summed E-state index contributed by atoms with van der Waals surface area (Å²) < 4.78 is 62.5. The molecule has 1 unspecified atom stereocenters. The van der Waals surface area contributed by atoms with E-state index >= 15 is 0 Å². The Hall–Kier alpha value is -0.790. The second-order valence-electron chi connectivity index (χ2n) is 3.76. The molecule has 17 heavy (non-hydrogen) atoms. The molecule has 1 atom stereocenters. The van der Waals surface area contributed by atoms with E-state index in [2.05, 4.69) is 4.74 Å². The van der Waals surface area contributed by atoms with Crippen molar-refractivity contribution in [1.29, 1.82) is 0 Å². The Morgan fingerprint density at radius 2 is 1.88 bits per heavy atom. The smallest absolute Gasteiger partial charge is 0.389 e. The largest absolute Gasteiger partial charge is 0.469 e. The van der Waals surface area contributed by atoms with Crippen LogP contribution in [0.15, 0.2) is 0 Å². The molecule has 0 N–H and O–H groups in total. The van der Waals surface area contributed by atoms with Gasteiger partial charge in [-0.3, -0.25) is 4.79 Å². The van der Waals surface area contributed by atoms with E-state index in [1.54, 1.807) is 0 Å². The number of alkyl halides is 3. The summed E-state index contributed by atoms with van der Waals surface area (Å²) in [5.74, 6) is -2.62. The Bertz CT molecular complexity index is 348. The van der Waals surface area contributed by atoms with E-state index in [-0.39, 0.29) is 0 Å². The summed E-state index contributed by atoms with van der Waals surface area (Å²) in [5.41, 5.74) is 0. The SMILES string of the molecule is COC(=O)C(C)CS(=O)(=O)CCCC(F)(F)F. The average Bonchev–Trinajstić information content (AvgIpc) is 2.13. The molecule has 0 aromatic rings. The van der Waals surface area contributed by atoms with Gasteiger partial charge in [0.05, 0.1) is 24.5 Å². The fraction of sp³-hybridized carbons (Fsp3) is 0.889. The molecule has 4 nitrogen and oxygen atoms in total. The number of rotatable bonds is 6. The second kappa shape index (κ2) is 6.23. The summed E-state index contributed by atoms with van der Waals surface area (Å²) in [7, 11) is -2.54. The van der Waals surface area contributed by atoms with Gasteiger partial charge in [-0.2, -0.15) is 13.2 Å². The number of hydrogen-bond acceptors (Lipinski definition) is 4. The zero-order chi connectivity index (χ0) is 13.7. The predicted octanol–water partition coefficient (Wildman–Crippen LogP) is 1.55. The van der Waals surface area contributed by atoms with E-state index in [1.807, 2.05) is 0 Å². The van der Waals surface area contributed by atoms with Gasteiger partial charge in [0.15, 0.2) is 9.84 Å². The maximum atomic E-state index is 11.8. The zero-order valence-electron chi connectivity index (χ0n) is 9.58. The average molecular weight is 276 g/mol. The number of esters is 1. The Kier molecular flexibility index (Phi) is 5.94. The fourth-order valence-electron chi connectivity index (χ4n) is 1.23. The van der Waals surface area contributed by atoms with Gasteiger partial charge < -0.3 is 4.74 Å². The van der Waals surface area contributed by atoms with Crippen molar-refractivity contribution in [2.45, 2.75) is 25.9 Å². The molecule has 8 heteroatoms. The van der Waals surface area contributed by atoms with Gasteiger partial charge in [-0.25, -0.2) is 8.42 Å². The van der Waals surface area contributed by atoms with Crippen LogP contribution >= 0.6 is 0 Å². The van der Waals surface area contributed by atoms with Gasteiger partial charge in [0.2, 0.25) is 0 Å². The van der Waals surface area contributed by atoms with Crippen LogP contribution in [0.1, 0.15) is 19.8 Å². The van der Waals surface area contributed by atoms with Crippen LogP contribution in [0.5, 0.6) is 0 Å². The lowest BCUT2D eigenvalue weighted by molar-refractivity contribution is -0.144. The Labute approximate surface area is 98.1 Å². The van der Waals surface area contributed by atoms with Gasteiger partial charge in [-0.15, -0.1) is 0 Å². The molecule has 0 aliphatic carbocycles. The van der Waals surface area contributed by atoms with Crippen molar-refractivity contribution >= 4 is 15.8 Å². The monoisotopic (exact) mass is 276 g/mol. The number of hydrogen-bond donors (Lipinski definition) is 0. The zero-order valence-corrected chi connectivity index (χ0v) is 10.4. The molecule has 0 spiro atoms. The Balaban J connectivity index is 4.18. The summed E-state index contributed by atoms with van der Waals surface area (Å²) in [6.45, 7) is 1.35. The molecule has 0 aromatic heterocycles. The Morgan fingerprint density at radius 1 is 1.35 bits per heavy atom. The molecule has 0 heterocycles. The lowest BCUT2D eigenvalue weighted by atomic mass is 10.2. The van der Waals surface area contributed by atoms with Crippen LogP contribution in [0, 0.1) is 5.92 Å². The quantitative estimate of drug-likeness (QED) is 0.691. The third kappa shape index (κ3) is 8.00. The lowest BCUT2D eigenvalue weighted by Crippen LogP contribution is -2.24. The normalized spacial score (nSPS) is 14.4. The maximum Gasteiger partial charge on any atom is 0.389 e. The summed E-state index contributed by atoms with van der Waals surface area (Å²) in [6, 6.07) is 0. The van der Waals surface area contributed by atoms with E-state index in [0.29, 0.717) is 0 Å². The van der Waals surface area contributed by atoms with E-state index in [0.717, 1.165) is 7.11 Å². The summed E-state index contributed by atoms with van der Waals surface area (Å²) >= 11 is 0. The number of carbonyl (C=O) groups excluding carboxylic acids is 1. The molecular weight excluding hydrogens is 261 g/mol. The molecule has 0 saturated carbocycles. The van der Waals surface area contributed by atoms with E-state index < -0.39 is 52.2 Å². The number of ether oxygens (including phenoxy) is 1. The molecule has 0 rings (SSSR count). The lowest BCUT2D eigenvalue weighted by Gasteiger charge is -2.10. The number of halogens is 3. The number of carbonyl (C=O) groups is 1. The molecule has 0 aliphatic heterocycles. The van der Waals surface area contributed by atoms with Gasteiger partial charge in [-0.1, -0.05) is 6.92 Å². The molecule has 0 amide bonds. The van der Waals surface area contributed by atoms with Gasteiger partial charge >= 0.3 is 12.1 Å². The first-order valence-electron chi connectivity index (χ1n) is 4.92. The van der Waals surface area contributed by atoms with Crippen molar-refractivity contribution in [3.05, 3.63) is 0 Å². The first-order chi connectivity index (χ1) is 7.57. The van der Waals surface area contributed by atoms with Crippen LogP contribution in [0.3, 0.4) is 0 Å². The van der Waals surface area contributed by atoms with Crippen molar-refractivity contribution in [3.63, 3.8) is 0 Å². The van der Waals surface area contributed by atoms with Gasteiger partial charge in [0.1, 0.15) is 0 Å². The molecule has 0 fully saturated rings. The predicted molar refractivity (Wildman–Crippen MR) is 55.1 cm³/mol. The highest BCUT2D eigenvalue weighted by atomic mass is 32.2. The molecular formula is C9H15F3O4S. The van der Waals surface area contributed by atoms with Crippen molar-refractivity contribution < 1.29 is 31.1 Å². The highest BCUT2D eigenvalue weighted by molar-refractivity contribution is 7.91. The van der Waals surface area contributed by atoms with Crippen molar-refractivity contribution in [3.8, 4) is 0 Å². The number of methoxy groups -OCH3 is 1. The highest BCUT2D eigenvalue weighted by Crippen LogP contribution is 2.21. The third-order valence-electron chi connectivity index (χ3n) is 2.02. The minimum atomic E-state index is -4.36. The van der Waals surface area contributed by atoms with Crippen LogP contribution in [0.4, 0.5) is 13.2 Å². The minimum absolute atomic E-state index is 0.486. The first-order valence-corrected chi connectivity index (χ1v) is 6.74. The number of sulfone groups is 1. The topological polar surface area (TPSA) is 60.4 Å². The molecule has 0 saturated heterocycles. The summed E-state index contributed by atoms with van der Waals surface area (Å²) in [6.07, 6.45) is -5.98. The second-order valence-corrected chi connectivity index (χ2v) is 5.99. The molecule has 0 aromatic carbocycles.